The highest BCUT2D eigenvalue weighted by molar-refractivity contribution is 5.78. The van der Waals surface area contributed by atoms with E-state index in [2.05, 4.69) is 20.8 Å². The van der Waals surface area contributed by atoms with E-state index in [1.807, 2.05) is 11.8 Å². The van der Waals surface area contributed by atoms with Gasteiger partial charge in [0.15, 0.2) is 0 Å². The zero-order valence-corrected chi connectivity index (χ0v) is 10.6. The molecule has 0 spiro atoms. The van der Waals surface area contributed by atoms with Crippen LogP contribution in [0.25, 0.3) is 0 Å². The molecule has 1 atom stereocenters. The van der Waals surface area contributed by atoms with E-state index >= 15 is 0 Å². The Hall–Kier alpha value is -0.570. The van der Waals surface area contributed by atoms with Crippen LogP contribution in [0.15, 0.2) is 0 Å². The molecular formula is C12H26N2O. The topological polar surface area (TPSA) is 46.3 Å². The van der Waals surface area contributed by atoms with E-state index in [9.17, 15) is 4.79 Å². The van der Waals surface area contributed by atoms with Crippen LogP contribution in [-0.4, -0.2) is 30.4 Å². The summed E-state index contributed by atoms with van der Waals surface area (Å²) in [6.45, 7) is 10.6. The normalized spacial score (nSPS) is 12.9. The first-order chi connectivity index (χ1) is 7.04. The molecule has 0 fully saturated rings. The lowest BCUT2D eigenvalue weighted by Gasteiger charge is -2.27. The first-order valence-electron chi connectivity index (χ1n) is 6.03. The van der Waals surface area contributed by atoms with Crippen LogP contribution >= 0.6 is 0 Å². The van der Waals surface area contributed by atoms with Crippen molar-refractivity contribution in [1.29, 1.82) is 0 Å². The van der Waals surface area contributed by atoms with Crippen LogP contribution in [0.5, 0.6) is 0 Å². The zero-order chi connectivity index (χ0) is 11.8. The highest BCUT2D eigenvalue weighted by atomic mass is 16.2. The Kier molecular flexibility index (Phi) is 7.39. The molecule has 0 aliphatic carbocycles. The maximum absolute atomic E-state index is 12.1. The number of carbonyl (C=O) groups excluding carboxylic acids is 1. The van der Waals surface area contributed by atoms with E-state index in [0.717, 1.165) is 25.9 Å². The van der Waals surface area contributed by atoms with Crippen molar-refractivity contribution in [2.24, 2.45) is 17.6 Å². The monoisotopic (exact) mass is 214 g/mol. The third kappa shape index (κ3) is 5.17. The number of nitrogens with zero attached hydrogens (tertiary/aromatic N) is 1. The quantitative estimate of drug-likeness (QED) is 0.703. The number of hydrogen-bond donors (Lipinski definition) is 1. The highest BCUT2D eigenvalue weighted by Crippen LogP contribution is 2.13. The Bertz CT molecular complexity index is 180. The average Bonchev–Trinajstić information content (AvgIpc) is 2.22. The molecule has 1 amide bonds. The molecule has 0 rings (SSSR count). The summed E-state index contributed by atoms with van der Waals surface area (Å²) in [4.78, 5) is 14.0. The van der Waals surface area contributed by atoms with E-state index < -0.39 is 0 Å². The Morgan fingerprint density at radius 1 is 1.27 bits per heavy atom. The van der Waals surface area contributed by atoms with Crippen molar-refractivity contribution in [3.63, 3.8) is 0 Å². The van der Waals surface area contributed by atoms with Gasteiger partial charge < -0.3 is 10.6 Å². The molecule has 2 N–H and O–H groups in total. The third-order valence-electron chi connectivity index (χ3n) is 2.83. The van der Waals surface area contributed by atoms with Gasteiger partial charge >= 0.3 is 0 Å². The standard InChI is InChI=1S/C12H26N2O/c1-5-8-14(9-6-7-13)12(15)11(4)10(2)3/h10-11H,5-9,13H2,1-4H3. The summed E-state index contributed by atoms with van der Waals surface area (Å²) in [6, 6.07) is 0. The maximum atomic E-state index is 12.1. The van der Waals surface area contributed by atoms with Gasteiger partial charge in [0.1, 0.15) is 0 Å². The molecule has 0 saturated heterocycles. The van der Waals surface area contributed by atoms with Crippen LogP contribution in [-0.2, 0) is 4.79 Å². The molecule has 0 aromatic carbocycles. The fourth-order valence-corrected chi connectivity index (χ4v) is 1.46. The van der Waals surface area contributed by atoms with Gasteiger partial charge in [-0.15, -0.1) is 0 Å². The first kappa shape index (κ1) is 14.4. The SMILES string of the molecule is CCCN(CCCN)C(=O)C(C)C(C)C. The number of amides is 1. The largest absolute Gasteiger partial charge is 0.342 e. The summed E-state index contributed by atoms with van der Waals surface area (Å²) in [6.07, 6.45) is 1.91. The van der Waals surface area contributed by atoms with Gasteiger partial charge in [-0.05, 0) is 25.3 Å². The smallest absolute Gasteiger partial charge is 0.225 e. The Balaban J connectivity index is 4.26. The number of rotatable bonds is 7. The summed E-state index contributed by atoms with van der Waals surface area (Å²) in [5.74, 6) is 0.810. The number of nitrogens with two attached hydrogens (primary N) is 1. The molecule has 0 aromatic heterocycles. The van der Waals surface area contributed by atoms with Crippen LogP contribution in [0.3, 0.4) is 0 Å². The zero-order valence-electron chi connectivity index (χ0n) is 10.6. The lowest BCUT2D eigenvalue weighted by Crippen LogP contribution is -2.38. The van der Waals surface area contributed by atoms with Crippen LogP contribution in [0.2, 0.25) is 0 Å². The van der Waals surface area contributed by atoms with Gasteiger partial charge in [0.05, 0.1) is 0 Å². The molecule has 0 bridgehead atoms. The summed E-state index contributed by atoms with van der Waals surface area (Å²) in [7, 11) is 0. The van der Waals surface area contributed by atoms with Crippen LogP contribution in [0.1, 0.15) is 40.5 Å². The minimum atomic E-state index is 0.120. The van der Waals surface area contributed by atoms with E-state index in [0.29, 0.717) is 12.5 Å². The molecule has 15 heavy (non-hydrogen) atoms. The molecule has 0 heterocycles. The molecule has 1 unspecified atom stereocenters. The second-order valence-electron chi connectivity index (χ2n) is 4.50. The van der Waals surface area contributed by atoms with E-state index in [1.54, 1.807) is 0 Å². The number of carbonyl (C=O) groups is 1. The van der Waals surface area contributed by atoms with Gasteiger partial charge in [-0.2, -0.15) is 0 Å². The predicted molar refractivity (Wildman–Crippen MR) is 64.5 cm³/mol. The second kappa shape index (κ2) is 7.69. The molecular weight excluding hydrogens is 188 g/mol. The molecule has 90 valence electrons. The Morgan fingerprint density at radius 3 is 2.27 bits per heavy atom. The first-order valence-corrected chi connectivity index (χ1v) is 6.03. The van der Waals surface area contributed by atoms with Crippen molar-refractivity contribution >= 4 is 5.91 Å². The molecule has 3 heteroatoms. The van der Waals surface area contributed by atoms with Gasteiger partial charge in [-0.25, -0.2) is 0 Å². The summed E-state index contributed by atoms with van der Waals surface area (Å²) < 4.78 is 0. The van der Waals surface area contributed by atoms with Crippen LogP contribution in [0.4, 0.5) is 0 Å². The average molecular weight is 214 g/mol. The van der Waals surface area contributed by atoms with Gasteiger partial charge in [0.2, 0.25) is 5.91 Å². The van der Waals surface area contributed by atoms with Crippen molar-refractivity contribution in [1.82, 2.24) is 4.90 Å². The molecule has 0 aliphatic heterocycles. The summed E-state index contributed by atoms with van der Waals surface area (Å²) >= 11 is 0. The summed E-state index contributed by atoms with van der Waals surface area (Å²) in [5, 5.41) is 0. The lowest BCUT2D eigenvalue weighted by atomic mass is 9.96. The van der Waals surface area contributed by atoms with Crippen LogP contribution in [0, 0.1) is 11.8 Å². The molecule has 0 aliphatic rings. The van der Waals surface area contributed by atoms with Gasteiger partial charge in [-0.3, -0.25) is 4.79 Å². The van der Waals surface area contributed by atoms with E-state index in [1.165, 1.54) is 0 Å². The van der Waals surface area contributed by atoms with Gasteiger partial charge in [-0.1, -0.05) is 27.7 Å². The van der Waals surface area contributed by atoms with Crippen molar-refractivity contribution in [3.8, 4) is 0 Å². The van der Waals surface area contributed by atoms with E-state index in [4.69, 9.17) is 5.73 Å². The van der Waals surface area contributed by atoms with Crippen molar-refractivity contribution in [3.05, 3.63) is 0 Å². The summed E-state index contributed by atoms with van der Waals surface area (Å²) in [5.41, 5.74) is 5.47. The van der Waals surface area contributed by atoms with Crippen molar-refractivity contribution < 1.29 is 4.79 Å². The number of hydrogen-bond acceptors (Lipinski definition) is 2. The minimum Gasteiger partial charge on any atom is -0.342 e. The van der Waals surface area contributed by atoms with E-state index in [-0.39, 0.29) is 11.8 Å². The Labute approximate surface area is 94.0 Å². The Morgan fingerprint density at radius 2 is 1.87 bits per heavy atom. The lowest BCUT2D eigenvalue weighted by molar-refractivity contribution is -0.136. The molecule has 0 saturated carbocycles. The van der Waals surface area contributed by atoms with Crippen molar-refractivity contribution in [2.75, 3.05) is 19.6 Å². The van der Waals surface area contributed by atoms with Gasteiger partial charge in [0, 0.05) is 19.0 Å². The van der Waals surface area contributed by atoms with Crippen molar-refractivity contribution in [2.45, 2.75) is 40.5 Å². The van der Waals surface area contributed by atoms with Crippen LogP contribution < -0.4 is 5.73 Å². The fraction of sp³-hybridized carbons (Fsp3) is 0.917. The molecule has 0 radical (unpaired) electrons. The third-order valence-corrected chi connectivity index (χ3v) is 2.83. The molecule has 3 nitrogen and oxygen atoms in total. The minimum absolute atomic E-state index is 0.120. The maximum Gasteiger partial charge on any atom is 0.225 e. The fourth-order valence-electron chi connectivity index (χ4n) is 1.46. The predicted octanol–water partition coefficient (Wildman–Crippen LogP) is 1.87. The second-order valence-corrected chi connectivity index (χ2v) is 4.50. The van der Waals surface area contributed by atoms with Gasteiger partial charge in [0.25, 0.3) is 0 Å². The highest BCUT2D eigenvalue weighted by Gasteiger charge is 2.21. The molecule has 0 aromatic rings.